The van der Waals surface area contributed by atoms with Crippen LogP contribution < -0.4 is 5.32 Å². The molecule has 2 N–H and O–H groups in total. The molecular formula is C14H22N2O. The summed E-state index contributed by atoms with van der Waals surface area (Å²) in [4.78, 5) is 2.33. The zero-order valence-corrected chi connectivity index (χ0v) is 10.5. The van der Waals surface area contributed by atoms with Gasteiger partial charge in [-0.1, -0.05) is 30.3 Å². The lowest BCUT2D eigenvalue weighted by Gasteiger charge is -2.21. The molecule has 1 fully saturated rings. The van der Waals surface area contributed by atoms with Crippen LogP contribution in [0, 0.1) is 0 Å². The Labute approximate surface area is 103 Å². The predicted octanol–water partition coefficient (Wildman–Crippen LogP) is 0.884. The fraction of sp³-hybridized carbons (Fsp3) is 0.571. The molecule has 1 aromatic rings. The normalized spacial score (nSPS) is 22.8. The van der Waals surface area contributed by atoms with Crippen molar-refractivity contribution in [3.63, 3.8) is 0 Å². The molecule has 0 amide bonds. The van der Waals surface area contributed by atoms with Gasteiger partial charge in [0.05, 0.1) is 6.61 Å². The van der Waals surface area contributed by atoms with Gasteiger partial charge >= 0.3 is 0 Å². The Morgan fingerprint density at radius 1 is 1.41 bits per heavy atom. The third kappa shape index (κ3) is 3.80. The maximum Gasteiger partial charge on any atom is 0.0587 e. The molecule has 1 heterocycles. The van der Waals surface area contributed by atoms with Crippen LogP contribution in [-0.4, -0.2) is 48.8 Å². The van der Waals surface area contributed by atoms with Gasteiger partial charge in [-0.25, -0.2) is 0 Å². The lowest BCUT2D eigenvalue weighted by Crippen LogP contribution is -2.43. The van der Waals surface area contributed by atoms with Crippen molar-refractivity contribution in [2.75, 3.05) is 26.7 Å². The molecule has 3 nitrogen and oxygen atoms in total. The van der Waals surface area contributed by atoms with Crippen molar-refractivity contribution in [2.24, 2.45) is 0 Å². The number of likely N-dealkylation sites (tertiary alicyclic amines) is 1. The minimum atomic E-state index is 0.175. The van der Waals surface area contributed by atoms with E-state index in [1.165, 1.54) is 12.0 Å². The molecule has 1 saturated heterocycles. The van der Waals surface area contributed by atoms with Crippen LogP contribution in [0.25, 0.3) is 0 Å². The van der Waals surface area contributed by atoms with E-state index in [-0.39, 0.29) is 12.6 Å². The minimum absolute atomic E-state index is 0.175. The van der Waals surface area contributed by atoms with Gasteiger partial charge in [0, 0.05) is 18.6 Å². The molecule has 1 aliphatic heterocycles. The van der Waals surface area contributed by atoms with E-state index in [0.29, 0.717) is 6.04 Å². The van der Waals surface area contributed by atoms with Crippen LogP contribution in [0.1, 0.15) is 12.0 Å². The standard InChI is InChI=1S/C14H22N2O/c1-16-8-7-13(10-16)15-14(11-17)9-12-5-3-2-4-6-12/h2-6,13-15,17H,7-11H2,1H3/t13?,14-/m1/s1. The number of hydrogen-bond donors (Lipinski definition) is 2. The van der Waals surface area contributed by atoms with E-state index in [1.807, 2.05) is 18.2 Å². The highest BCUT2D eigenvalue weighted by atomic mass is 16.3. The molecule has 0 radical (unpaired) electrons. The average Bonchev–Trinajstić information content (AvgIpc) is 2.75. The van der Waals surface area contributed by atoms with Crippen LogP contribution in [0.15, 0.2) is 30.3 Å². The molecule has 94 valence electrons. The summed E-state index contributed by atoms with van der Waals surface area (Å²) in [6.07, 6.45) is 2.08. The molecular weight excluding hydrogens is 212 g/mol. The van der Waals surface area contributed by atoms with Crippen molar-refractivity contribution >= 4 is 0 Å². The van der Waals surface area contributed by atoms with Crippen molar-refractivity contribution in [2.45, 2.75) is 24.9 Å². The van der Waals surface area contributed by atoms with E-state index in [9.17, 15) is 5.11 Å². The second kappa shape index (κ2) is 6.15. The summed E-state index contributed by atoms with van der Waals surface area (Å²) in [6, 6.07) is 11.1. The van der Waals surface area contributed by atoms with Gasteiger partial charge in [-0.2, -0.15) is 0 Å². The molecule has 2 atom stereocenters. The zero-order valence-electron chi connectivity index (χ0n) is 10.5. The van der Waals surface area contributed by atoms with E-state index in [4.69, 9.17) is 0 Å². The Kier molecular flexibility index (Phi) is 4.54. The van der Waals surface area contributed by atoms with Crippen LogP contribution in [0.3, 0.4) is 0 Å². The number of rotatable bonds is 5. The van der Waals surface area contributed by atoms with Gasteiger partial charge in [0.2, 0.25) is 0 Å². The number of likely N-dealkylation sites (N-methyl/N-ethyl adjacent to an activating group) is 1. The number of nitrogens with one attached hydrogen (secondary N) is 1. The summed E-state index contributed by atoms with van der Waals surface area (Å²) in [5.41, 5.74) is 1.28. The predicted molar refractivity (Wildman–Crippen MR) is 70.1 cm³/mol. The summed E-state index contributed by atoms with van der Waals surface area (Å²) in [5, 5.41) is 13.0. The topological polar surface area (TPSA) is 35.5 Å². The van der Waals surface area contributed by atoms with Crippen molar-refractivity contribution in [3.8, 4) is 0 Å². The maximum absolute atomic E-state index is 9.44. The molecule has 2 rings (SSSR count). The molecule has 1 aromatic carbocycles. The molecule has 0 aliphatic carbocycles. The molecule has 17 heavy (non-hydrogen) atoms. The van der Waals surface area contributed by atoms with Gasteiger partial charge in [-0.05, 0) is 32.0 Å². The van der Waals surface area contributed by atoms with Crippen molar-refractivity contribution in [1.29, 1.82) is 0 Å². The first-order chi connectivity index (χ1) is 8.28. The second-order valence-corrected chi connectivity index (χ2v) is 4.98. The Bertz CT molecular complexity index is 328. The summed E-state index contributed by atoms with van der Waals surface area (Å²) in [5.74, 6) is 0. The first-order valence-electron chi connectivity index (χ1n) is 6.37. The summed E-state index contributed by atoms with van der Waals surface area (Å²) in [6.45, 7) is 2.45. The van der Waals surface area contributed by atoms with Crippen LogP contribution in [0.2, 0.25) is 0 Å². The summed E-state index contributed by atoms with van der Waals surface area (Å²) in [7, 11) is 2.15. The lowest BCUT2D eigenvalue weighted by atomic mass is 10.1. The number of hydrogen-bond acceptors (Lipinski definition) is 3. The third-order valence-electron chi connectivity index (χ3n) is 3.41. The molecule has 0 bridgehead atoms. The fourth-order valence-electron chi connectivity index (χ4n) is 2.48. The smallest absolute Gasteiger partial charge is 0.0587 e. The van der Waals surface area contributed by atoms with Gasteiger partial charge in [-0.15, -0.1) is 0 Å². The van der Waals surface area contributed by atoms with Gasteiger partial charge in [0.15, 0.2) is 0 Å². The SMILES string of the molecule is CN1CCC(N[C@@H](CO)Cc2ccccc2)C1. The first kappa shape index (κ1) is 12.6. The Balaban J connectivity index is 1.85. The van der Waals surface area contributed by atoms with Crippen molar-refractivity contribution < 1.29 is 5.11 Å². The molecule has 1 unspecified atom stereocenters. The van der Waals surface area contributed by atoms with Gasteiger partial charge < -0.3 is 15.3 Å². The van der Waals surface area contributed by atoms with Gasteiger partial charge in [0.1, 0.15) is 0 Å². The number of aliphatic hydroxyl groups excluding tert-OH is 1. The number of aliphatic hydroxyl groups is 1. The Morgan fingerprint density at radius 2 is 2.18 bits per heavy atom. The second-order valence-electron chi connectivity index (χ2n) is 4.98. The monoisotopic (exact) mass is 234 g/mol. The summed E-state index contributed by atoms with van der Waals surface area (Å²) >= 11 is 0. The van der Waals surface area contributed by atoms with Gasteiger partial charge in [-0.3, -0.25) is 0 Å². The van der Waals surface area contributed by atoms with E-state index >= 15 is 0 Å². The first-order valence-corrected chi connectivity index (χ1v) is 6.37. The Hall–Kier alpha value is -0.900. The minimum Gasteiger partial charge on any atom is -0.395 e. The highest BCUT2D eigenvalue weighted by Crippen LogP contribution is 2.09. The van der Waals surface area contributed by atoms with Gasteiger partial charge in [0.25, 0.3) is 0 Å². The molecule has 0 spiro atoms. The lowest BCUT2D eigenvalue weighted by molar-refractivity contribution is 0.229. The zero-order chi connectivity index (χ0) is 12.1. The van der Waals surface area contributed by atoms with E-state index in [2.05, 4.69) is 29.4 Å². The summed E-state index contributed by atoms with van der Waals surface area (Å²) < 4.78 is 0. The maximum atomic E-state index is 9.44. The van der Waals surface area contributed by atoms with Crippen molar-refractivity contribution in [1.82, 2.24) is 10.2 Å². The molecule has 1 aliphatic rings. The highest BCUT2D eigenvalue weighted by molar-refractivity contribution is 5.16. The number of benzene rings is 1. The fourth-order valence-corrected chi connectivity index (χ4v) is 2.48. The van der Waals surface area contributed by atoms with Crippen LogP contribution in [0.5, 0.6) is 0 Å². The molecule has 0 saturated carbocycles. The van der Waals surface area contributed by atoms with E-state index < -0.39 is 0 Å². The Morgan fingerprint density at radius 3 is 2.76 bits per heavy atom. The van der Waals surface area contributed by atoms with E-state index in [0.717, 1.165) is 19.5 Å². The molecule has 3 heteroatoms. The highest BCUT2D eigenvalue weighted by Gasteiger charge is 2.21. The van der Waals surface area contributed by atoms with Crippen molar-refractivity contribution in [3.05, 3.63) is 35.9 Å². The van der Waals surface area contributed by atoms with Crippen LogP contribution in [-0.2, 0) is 6.42 Å². The molecule has 0 aromatic heterocycles. The quantitative estimate of drug-likeness (QED) is 0.794. The van der Waals surface area contributed by atoms with Crippen LogP contribution in [0.4, 0.5) is 0 Å². The van der Waals surface area contributed by atoms with E-state index in [1.54, 1.807) is 0 Å². The largest absolute Gasteiger partial charge is 0.395 e. The average molecular weight is 234 g/mol. The number of nitrogens with zero attached hydrogens (tertiary/aromatic N) is 1. The van der Waals surface area contributed by atoms with Crippen LogP contribution >= 0.6 is 0 Å². The third-order valence-corrected chi connectivity index (χ3v) is 3.41.